The Balaban J connectivity index is 2.30. The standard InChI is InChI=1S/C12H13F4N/c13-10-5-8(11(17)7-2-1-3-7)4-9(6-10)12(14,15)16/h4-7,11H,1-3,17H2/t11-/m1/s1. The van der Waals surface area contributed by atoms with Crippen LogP contribution in [0, 0.1) is 11.7 Å². The summed E-state index contributed by atoms with van der Waals surface area (Å²) in [5.74, 6) is -0.706. The number of alkyl halides is 3. The molecule has 1 aromatic rings. The Morgan fingerprint density at radius 1 is 1.18 bits per heavy atom. The zero-order valence-electron chi connectivity index (χ0n) is 9.10. The maximum atomic E-state index is 13.1. The fourth-order valence-electron chi connectivity index (χ4n) is 2.04. The predicted octanol–water partition coefficient (Wildman–Crippen LogP) is 3.64. The largest absolute Gasteiger partial charge is 0.416 e. The summed E-state index contributed by atoms with van der Waals surface area (Å²) in [5.41, 5.74) is 5.12. The van der Waals surface area contributed by atoms with Gasteiger partial charge in [0.1, 0.15) is 5.82 Å². The Hall–Kier alpha value is -1.10. The van der Waals surface area contributed by atoms with Crippen molar-refractivity contribution in [2.75, 3.05) is 0 Å². The minimum atomic E-state index is -4.53. The molecule has 0 aromatic heterocycles. The van der Waals surface area contributed by atoms with Crippen molar-refractivity contribution in [3.05, 3.63) is 35.1 Å². The third kappa shape index (κ3) is 2.60. The number of nitrogens with two attached hydrogens (primary N) is 1. The summed E-state index contributed by atoms with van der Waals surface area (Å²) < 4.78 is 50.7. The van der Waals surface area contributed by atoms with Crippen molar-refractivity contribution < 1.29 is 17.6 Å². The average molecular weight is 247 g/mol. The van der Waals surface area contributed by atoms with Gasteiger partial charge in [-0.05, 0) is 42.5 Å². The third-order valence-electron chi connectivity index (χ3n) is 3.29. The number of hydrogen-bond acceptors (Lipinski definition) is 1. The van der Waals surface area contributed by atoms with E-state index in [9.17, 15) is 17.6 Å². The first kappa shape index (κ1) is 12.4. The van der Waals surface area contributed by atoms with Gasteiger partial charge in [0, 0.05) is 6.04 Å². The molecule has 1 aromatic carbocycles. The molecule has 0 unspecified atom stereocenters. The molecule has 1 aliphatic carbocycles. The highest BCUT2D eigenvalue weighted by atomic mass is 19.4. The highest BCUT2D eigenvalue weighted by Gasteiger charge is 2.33. The van der Waals surface area contributed by atoms with E-state index in [1.165, 1.54) is 0 Å². The lowest BCUT2D eigenvalue weighted by Crippen LogP contribution is -2.27. The van der Waals surface area contributed by atoms with Gasteiger partial charge in [0.15, 0.2) is 0 Å². The van der Waals surface area contributed by atoms with Crippen LogP contribution in [0.15, 0.2) is 18.2 Å². The molecule has 5 heteroatoms. The van der Waals surface area contributed by atoms with Crippen LogP contribution in [0.25, 0.3) is 0 Å². The molecule has 1 aliphatic rings. The van der Waals surface area contributed by atoms with Crippen LogP contribution < -0.4 is 5.73 Å². The van der Waals surface area contributed by atoms with Gasteiger partial charge < -0.3 is 5.73 Å². The Kier molecular flexibility index (Phi) is 3.12. The fourth-order valence-corrected chi connectivity index (χ4v) is 2.04. The molecule has 0 radical (unpaired) electrons. The fraction of sp³-hybridized carbons (Fsp3) is 0.500. The summed E-state index contributed by atoms with van der Waals surface area (Å²) in [7, 11) is 0. The second kappa shape index (κ2) is 4.29. The van der Waals surface area contributed by atoms with E-state index < -0.39 is 23.6 Å². The van der Waals surface area contributed by atoms with Crippen molar-refractivity contribution in [3.63, 3.8) is 0 Å². The average Bonchev–Trinajstić information content (AvgIpc) is 2.12. The molecule has 2 N–H and O–H groups in total. The molecule has 94 valence electrons. The van der Waals surface area contributed by atoms with Crippen molar-refractivity contribution in [1.29, 1.82) is 0 Å². The second-order valence-corrected chi connectivity index (χ2v) is 4.49. The predicted molar refractivity (Wildman–Crippen MR) is 55.7 cm³/mol. The van der Waals surface area contributed by atoms with E-state index in [-0.39, 0.29) is 11.5 Å². The lowest BCUT2D eigenvalue weighted by molar-refractivity contribution is -0.137. The molecule has 1 fully saturated rings. The Labute approximate surface area is 96.6 Å². The highest BCUT2D eigenvalue weighted by Crippen LogP contribution is 2.38. The van der Waals surface area contributed by atoms with Gasteiger partial charge in [0.05, 0.1) is 5.56 Å². The Bertz CT molecular complexity index is 409. The lowest BCUT2D eigenvalue weighted by Gasteiger charge is -2.31. The SMILES string of the molecule is N[C@@H](c1cc(F)cc(C(F)(F)F)c1)C1CCC1. The van der Waals surface area contributed by atoms with Crippen molar-refractivity contribution in [2.45, 2.75) is 31.5 Å². The number of rotatable bonds is 2. The quantitative estimate of drug-likeness (QED) is 0.793. The summed E-state index contributed by atoms with van der Waals surface area (Å²) in [6.07, 6.45) is -1.69. The number of benzene rings is 1. The second-order valence-electron chi connectivity index (χ2n) is 4.49. The molecule has 1 saturated carbocycles. The van der Waals surface area contributed by atoms with Gasteiger partial charge in [0.25, 0.3) is 0 Å². The van der Waals surface area contributed by atoms with Crippen LogP contribution in [0.2, 0.25) is 0 Å². The first-order valence-corrected chi connectivity index (χ1v) is 5.51. The summed E-state index contributed by atoms with van der Waals surface area (Å²) in [6.45, 7) is 0. The van der Waals surface area contributed by atoms with Gasteiger partial charge in [-0.25, -0.2) is 4.39 Å². The molecule has 1 atom stereocenters. The van der Waals surface area contributed by atoms with E-state index >= 15 is 0 Å². The monoisotopic (exact) mass is 247 g/mol. The Morgan fingerprint density at radius 2 is 1.82 bits per heavy atom. The van der Waals surface area contributed by atoms with Gasteiger partial charge in [-0.1, -0.05) is 6.42 Å². The summed E-state index contributed by atoms with van der Waals surface area (Å²) in [4.78, 5) is 0. The van der Waals surface area contributed by atoms with Gasteiger partial charge >= 0.3 is 6.18 Å². The minimum absolute atomic E-state index is 0.179. The van der Waals surface area contributed by atoms with Crippen LogP contribution in [0.4, 0.5) is 17.6 Å². The van der Waals surface area contributed by atoms with E-state index in [4.69, 9.17) is 5.73 Å². The van der Waals surface area contributed by atoms with E-state index in [0.29, 0.717) is 6.07 Å². The van der Waals surface area contributed by atoms with Gasteiger partial charge in [-0.15, -0.1) is 0 Å². The normalized spacial score (nSPS) is 18.9. The van der Waals surface area contributed by atoms with Crippen molar-refractivity contribution in [1.82, 2.24) is 0 Å². The maximum Gasteiger partial charge on any atom is 0.416 e. The minimum Gasteiger partial charge on any atom is -0.324 e. The van der Waals surface area contributed by atoms with Crippen LogP contribution in [0.1, 0.15) is 36.4 Å². The van der Waals surface area contributed by atoms with Gasteiger partial charge in [0.2, 0.25) is 0 Å². The first-order valence-electron chi connectivity index (χ1n) is 5.51. The van der Waals surface area contributed by atoms with Gasteiger partial charge in [-0.3, -0.25) is 0 Å². The lowest BCUT2D eigenvalue weighted by atomic mass is 9.77. The van der Waals surface area contributed by atoms with Gasteiger partial charge in [-0.2, -0.15) is 13.2 Å². The van der Waals surface area contributed by atoms with Crippen molar-refractivity contribution >= 4 is 0 Å². The van der Waals surface area contributed by atoms with Crippen LogP contribution in [-0.2, 0) is 6.18 Å². The summed E-state index contributed by atoms with van der Waals surface area (Å²) >= 11 is 0. The van der Waals surface area contributed by atoms with Crippen LogP contribution >= 0.6 is 0 Å². The molecule has 0 aliphatic heterocycles. The van der Waals surface area contributed by atoms with Crippen molar-refractivity contribution in [2.24, 2.45) is 11.7 Å². The first-order chi connectivity index (χ1) is 7.88. The molecule has 0 amide bonds. The smallest absolute Gasteiger partial charge is 0.324 e. The molecule has 0 saturated heterocycles. The molecule has 1 nitrogen and oxygen atoms in total. The maximum absolute atomic E-state index is 13.1. The third-order valence-corrected chi connectivity index (χ3v) is 3.29. The molecular weight excluding hydrogens is 234 g/mol. The molecule has 17 heavy (non-hydrogen) atoms. The van der Waals surface area contributed by atoms with E-state index in [2.05, 4.69) is 0 Å². The Morgan fingerprint density at radius 3 is 2.29 bits per heavy atom. The van der Waals surface area contributed by atoms with E-state index in [1.807, 2.05) is 0 Å². The molecule has 2 rings (SSSR count). The number of hydrogen-bond donors (Lipinski definition) is 1. The van der Waals surface area contributed by atoms with Crippen LogP contribution in [0.3, 0.4) is 0 Å². The van der Waals surface area contributed by atoms with Crippen molar-refractivity contribution in [3.8, 4) is 0 Å². The van der Waals surface area contributed by atoms with Crippen LogP contribution in [-0.4, -0.2) is 0 Å². The van der Waals surface area contributed by atoms with Crippen LogP contribution in [0.5, 0.6) is 0 Å². The molecular formula is C12H13F4N. The summed E-state index contributed by atoms with van der Waals surface area (Å²) in [5, 5.41) is 0. The molecule has 0 spiro atoms. The molecule has 0 bridgehead atoms. The molecule has 0 heterocycles. The van der Waals surface area contributed by atoms with E-state index in [0.717, 1.165) is 31.4 Å². The zero-order chi connectivity index (χ0) is 12.6. The van der Waals surface area contributed by atoms with E-state index in [1.54, 1.807) is 0 Å². The topological polar surface area (TPSA) is 26.0 Å². The zero-order valence-corrected chi connectivity index (χ0v) is 9.10. The highest BCUT2D eigenvalue weighted by molar-refractivity contribution is 5.29. The number of halogens is 4. The summed E-state index contributed by atoms with van der Waals surface area (Å²) in [6, 6.07) is 2.04.